The highest BCUT2D eigenvalue weighted by Crippen LogP contribution is 2.13. The molecular formula is C12H21N5. The molecule has 2 N–H and O–H groups in total. The molecule has 1 saturated heterocycles. The molecule has 17 heavy (non-hydrogen) atoms. The van der Waals surface area contributed by atoms with Gasteiger partial charge in [-0.05, 0) is 26.0 Å². The third kappa shape index (κ3) is 2.92. The van der Waals surface area contributed by atoms with Gasteiger partial charge in [0.1, 0.15) is 0 Å². The summed E-state index contributed by atoms with van der Waals surface area (Å²) in [5, 5.41) is 8.32. The quantitative estimate of drug-likeness (QED) is 0.825. The predicted molar refractivity (Wildman–Crippen MR) is 68.8 cm³/mol. The number of rotatable bonds is 3. The van der Waals surface area contributed by atoms with Gasteiger partial charge in [0.15, 0.2) is 5.82 Å². The molecule has 1 aliphatic heterocycles. The molecule has 94 valence electrons. The fourth-order valence-corrected chi connectivity index (χ4v) is 2.10. The zero-order valence-electron chi connectivity index (χ0n) is 10.6. The van der Waals surface area contributed by atoms with Gasteiger partial charge in [-0.3, -0.25) is 4.90 Å². The van der Waals surface area contributed by atoms with Crippen molar-refractivity contribution in [2.75, 3.05) is 31.1 Å². The van der Waals surface area contributed by atoms with Crippen LogP contribution in [-0.2, 0) is 6.54 Å². The lowest BCUT2D eigenvalue weighted by molar-refractivity contribution is 0.209. The predicted octanol–water partition coefficient (Wildman–Crippen LogP) is 0.466. The second-order valence-corrected chi connectivity index (χ2v) is 4.70. The zero-order valence-corrected chi connectivity index (χ0v) is 10.6. The summed E-state index contributed by atoms with van der Waals surface area (Å²) in [5.74, 6) is 0.964. The van der Waals surface area contributed by atoms with Crippen molar-refractivity contribution in [3.63, 3.8) is 0 Å². The Labute approximate surface area is 103 Å². The maximum Gasteiger partial charge on any atom is 0.151 e. The summed E-state index contributed by atoms with van der Waals surface area (Å²) in [6.07, 6.45) is 0. The smallest absolute Gasteiger partial charge is 0.151 e. The topological polar surface area (TPSA) is 58.3 Å². The first-order valence-electron chi connectivity index (χ1n) is 6.22. The molecule has 1 aromatic heterocycles. The van der Waals surface area contributed by atoms with Gasteiger partial charge in [0.2, 0.25) is 0 Å². The van der Waals surface area contributed by atoms with E-state index in [-0.39, 0.29) is 0 Å². The van der Waals surface area contributed by atoms with E-state index in [0.717, 1.165) is 37.7 Å². The van der Waals surface area contributed by atoms with E-state index in [1.807, 2.05) is 12.1 Å². The van der Waals surface area contributed by atoms with Gasteiger partial charge < -0.3 is 10.6 Å². The Morgan fingerprint density at radius 3 is 2.35 bits per heavy atom. The zero-order chi connectivity index (χ0) is 12.3. The standard InChI is InChI=1S/C12H21N5/c1-10(2)16-5-7-17(8-6-16)12-4-3-11(9-13)14-15-12/h3-4,10H,5-9,13H2,1-2H3. The first-order valence-corrected chi connectivity index (χ1v) is 6.22. The minimum absolute atomic E-state index is 0.453. The molecule has 0 aliphatic carbocycles. The van der Waals surface area contributed by atoms with Crippen LogP contribution in [0.1, 0.15) is 19.5 Å². The van der Waals surface area contributed by atoms with Crippen LogP contribution in [0.2, 0.25) is 0 Å². The van der Waals surface area contributed by atoms with Gasteiger partial charge in [-0.15, -0.1) is 5.10 Å². The highest BCUT2D eigenvalue weighted by molar-refractivity contribution is 5.37. The van der Waals surface area contributed by atoms with E-state index in [4.69, 9.17) is 5.73 Å². The van der Waals surface area contributed by atoms with Gasteiger partial charge >= 0.3 is 0 Å². The Morgan fingerprint density at radius 2 is 1.88 bits per heavy atom. The van der Waals surface area contributed by atoms with Gasteiger partial charge in [-0.2, -0.15) is 5.10 Å². The Kier molecular flexibility index (Phi) is 3.91. The van der Waals surface area contributed by atoms with Crippen molar-refractivity contribution in [2.45, 2.75) is 26.4 Å². The molecule has 2 heterocycles. The van der Waals surface area contributed by atoms with Crippen LogP contribution in [-0.4, -0.2) is 47.3 Å². The Bertz CT molecular complexity index is 340. The van der Waals surface area contributed by atoms with E-state index < -0.39 is 0 Å². The second-order valence-electron chi connectivity index (χ2n) is 4.70. The fourth-order valence-electron chi connectivity index (χ4n) is 2.10. The molecule has 0 unspecified atom stereocenters. The summed E-state index contributed by atoms with van der Waals surface area (Å²) in [6, 6.07) is 4.60. The van der Waals surface area contributed by atoms with Crippen molar-refractivity contribution in [3.05, 3.63) is 17.8 Å². The van der Waals surface area contributed by atoms with E-state index in [1.54, 1.807) is 0 Å². The first-order chi connectivity index (χ1) is 8.20. The number of nitrogens with two attached hydrogens (primary N) is 1. The van der Waals surface area contributed by atoms with Crippen molar-refractivity contribution < 1.29 is 0 Å². The number of piperazine rings is 1. The molecule has 0 bridgehead atoms. The molecule has 0 spiro atoms. The first kappa shape index (κ1) is 12.3. The minimum Gasteiger partial charge on any atom is -0.353 e. The fraction of sp³-hybridized carbons (Fsp3) is 0.667. The molecule has 5 nitrogen and oxygen atoms in total. The molecule has 0 atom stereocenters. The van der Waals surface area contributed by atoms with Crippen LogP contribution in [0.5, 0.6) is 0 Å². The van der Waals surface area contributed by atoms with Gasteiger partial charge in [-0.1, -0.05) is 0 Å². The lowest BCUT2D eigenvalue weighted by atomic mass is 10.2. The third-order valence-corrected chi connectivity index (χ3v) is 3.28. The van der Waals surface area contributed by atoms with Crippen LogP contribution in [0.15, 0.2) is 12.1 Å². The van der Waals surface area contributed by atoms with Crippen molar-refractivity contribution in [2.24, 2.45) is 5.73 Å². The van der Waals surface area contributed by atoms with Crippen LogP contribution in [0.4, 0.5) is 5.82 Å². The third-order valence-electron chi connectivity index (χ3n) is 3.28. The average molecular weight is 235 g/mol. The van der Waals surface area contributed by atoms with E-state index in [2.05, 4.69) is 33.8 Å². The van der Waals surface area contributed by atoms with Crippen molar-refractivity contribution in [1.29, 1.82) is 0 Å². The van der Waals surface area contributed by atoms with E-state index in [0.29, 0.717) is 12.6 Å². The van der Waals surface area contributed by atoms with Crippen molar-refractivity contribution >= 4 is 5.82 Å². The number of anilines is 1. The molecule has 0 radical (unpaired) electrons. The normalized spacial score (nSPS) is 17.8. The molecule has 0 saturated carbocycles. The summed E-state index contributed by atoms with van der Waals surface area (Å²) >= 11 is 0. The average Bonchev–Trinajstić information content (AvgIpc) is 2.39. The lowest BCUT2D eigenvalue weighted by Gasteiger charge is -2.37. The highest BCUT2D eigenvalue weighted by Gasteiger charge is 2.19. The highest BCUT2D eigenvalue weighted by atomic mass is 15.3. The molecule has 1 aromatic rings. The maximum absolute atomic E-state index is 5.51. The van der Waals surface area contributed by atoms with Crippen LogP contribution in [0, 0.1) is 0 Å². The van der Waals surface area contributed by atoms with E-state index in [9.17, 15) is 0 Å². The monoisotopic (exact) mass is 235 g/mol. The van der Waals surface area contributed by atoms with E-state index in [1.165, 1.54) is 0 Å². The molecule has 0 aromatic carbocycles. The SMILES string of the molecule is CC(C)N1CCN(c2ccc(CN)nn2)CC1. The van der Waals surface area contributed by atoms with Crippen LogP contribution >= 0.6 is 0 Å². The minimum atomic E-state index is 0.453. The van der Waals surface area contributed by atoms with Gasteiger partial charge in [-0.25, -0.2) is 0 Å². The van der Waals surface area contributed by atoms with Gasteiger partial charge in [0.25, 0.3) is 0 Å². The van der Waals surface area contributed by atoms with Gasteiger partial charge in [0, 0.05) is 38.8 Å². The molecule has 5 heteroatoms. The Morgan fingerprint density at radius 1 is 1.18 bits per heavy atom. The number of nitrogens with zero attached hydrogens (tertiary/aromatic N) is 4. The van der Waals surface area contributed by atoms with Crippen LogP contribution in [0.25, 0.3) is 0 Å². The van der Waals surface area contributed by atoms with E-state index >= 15 is 0 Å². The molecule has 1 fully saturated rings. The number of hydrogen-bond acceptors (Lipinski definition) is 5. The Hall–Kier alpha value is -1.20. The summed E-state index contributed by atoms with van der Waals surface area (Å²) in [6.45, 7) is 9.17. The lowest BCUT2D eigenvalue weighted by Crippen LogP contribution is -2.49. The largest absolute Gasteiger partial charge is 0.353 e. The summed E-state index contributed by atoms with van der Waals surface area (Å²) in [7, 11) is 0. The summed E-state index contributed by atoms with van der Waals surface area (Å²) in [5.41, 5.74) is 6.35. The Balaban J connectivity index is 1.95. The molecular weight excluding hydrogens is 214 g/mol. The maximum atomic E-state index is 5.51. The number of hydrogen-bond donors (Lipinski definition) is 1. The van der Waals surface area contributed by atoms with Crippen molar-refractivity contribution in [3.8, 4) is 0 Å². The van der Waals surface area contributed by atoms with Crippen molar-refractivity contribution in [1.82, 2.24) is 15.1 Å². The van der Waals surface area contributed by atoms with Crippen LogP contribution in [0.3, 0.4) is 0 Å². The van der Waals surface area contributed by atoms with Gasteiger partial charge in [0.05, 0.1) is 5.69 Å². The van der Waals surface area contributed by atoms with Crippen LogP contribution < -0.4 is 10.6 Å². The second kappa shape index (κ2) is 5.42. The summed E-state index contributed by atoms with van der Waals surface area (Å²) < 4.78 is 0. The molecule has 2 rings (SSSR count). The summed E-state index contributed by atoms with van der Waals surface area (Å²) in [4.78, 5) is 4.77. The number of aromatic nitrogens is 2. The molecule has 1 aliphatic rings. The molecule has 0 amide bonds.